The zero-order valence-electron chi connectivity index (χ0n) is 5.72. The van der Waals surface area contributed by atoms with Crippen LogP contribution in [0.2, 0.25) is 0 Å². The third-order valence-corrected chi connectivity index (χ3v) is 3.05. The largest absolute Gasteiger partial charge is 0.294 e. The predicted octanol–water partition coefficient (Wildman–Crippen LogP) is 2.67. The lowest BCUT2D eigenvalue weighted by molar-refractivity contribution is -0.119. The number of carbonyl (C=O) groups excluding carboxylic acids is 1. The first-order valence-electron chi connectivity index (χ1n) is 3.40. The van der Waals surface area contributed by atoms with E-state index in [0.29, 0.717) is 17.6 Å². The summed E-state index contributed by atoms with van der Waals surface area (Å²) in [5.74, 6) is 1.51. The first kappa shape index (κ1) is 10.4. The van der Waals surface area contributed by atoms with Crippen molar-refractivity contribution in [2.24, 2.45) is 17.3 Å². The highest BCUT2D eigenvalue weighted by molar-refractivity contribution is 6.01. The van der Waals surface area contributed by atoms with E-state index >= 15 is 0 Å². The maximum Gasteiger partial charge on any atom is 0.162 e. The Balaban J connectivity index is 0.000000500. The maximum atomic E-state index is 11.1. The fourth-order valence-corrected chi connectivity index (χ4v) is 1.89. The van der Waals surface area contributed by atoms with Gasteiger partial charge < -0.3 is 0 Å². The zero-order chi connectivity index (χ0) is 6.65. The van der Waals surface area contributed by atoms with Crippen LogP contribution >= 0.6 is 0 Å². The minimum atomic E-state index is 0. The second-order valence-electron chi connectivity index (χ2n) is 3.32. The van der Waals surface area contributed by atoms with Crippen LogP contribution in [0.1, 0.15) is 28.7 Å². The number of rotatable bonds is 0. The number of ketones is 1. The molecule has 0 heterocycles. The normalized spacial score (nSPS) is 44.0. The van der Waals surface area contributed by atoms with Crippen molar-refractivity contribution < 1.29 is 4.79 Å². The van der Waals surface area contributed by atoms with E-state index in [4.69, 9.17) is 0 Å². The van der Waals surface area contributed by atoms with E-state index < -0.39 is 0 Å². The lowest BCUT2D eigenvalue weighted by Gasteiger charge is -1.99. The van der Waals surface area contributed by atoms with Crippen LogP contribution in [0.4, 0.5) is 0 Å². The molecule has 0 radical (unpaired) electrons. The minimum Gasteiger partial charge on any atom is -0.294 e. The molecular formula is C10H18O. The van der Waals surface area contributed by atoms with Crippen LogP contribution in [0.25, 0.3) is 0 Å². The first-order chi connectivity index (χ1) is 4.17. The fraction of sp³-hybridized carbons (Fsp3) is 0.700. The number of hydrogen-bond acceptors (Lipinski definition) is 1. The summed E-state index contributed by atoms with van der Waals surface area (Å²) in [6, 6.07) is 0. The van der Waals surface area contributed by atoms with Crippen LogP contribution in [0, 0.1) is 17.3 Å². The lowest BCUT2D eigenvalue weighted by atomic mass is 10.0. The molecule has 0 aromatic rings. The van der Waals surface area contributed by atoms with Crippen molar-refractivity contribution >= 4 is 5.78 Å². The summed E-state index contributed by atoms with van der Waals surface area (Å²) in [6.45, 7) is 4.21. The summed E-state index contributed by atoms with van der Waals surface area (Å²) < 4.78 is 0. The van der Waals surface area contributed by atoms with Crippen LogP contribution in [0.5, 0.6) is 0 Å². The molecule has 0 bridgehead atoms. The van der Waals surface area contributed by atoms with Crippen molar-refractivity contribution in [2.75, 3.05) is 0 Å². The van der Waals surface area contributed by atoms with Gasteiger partial charge in [0.25, 0.3) is 0 Å². The SMILES string of the molecule is C.C.CC1C2C=CC(=O)C12C. The Morgan fingerprint density at radius 3 is 2.18 bits per heavy atom. The molecule has 1 saturated carbocycles. The van der Waals surface area contributed by atoms with Gasteiger partial charge in [-0.3, -0.25) is 4.79 Å². The second-order valence-corrected chi connectivity index (χ2v) is 3.32. The average molecular weight is 154 g/mol. The van der Waals surface area contributed by atoms with Crippen molar-refractivity contribution in [3.05, 3.63) is 12.2 Å². The summed E-state index contributed by atoms with van der Waals surface area (Å²) in [4.78, 5) is 11.1. The molecule has 1 nitrogen and oxygen atoms in total. The molecule has 0 N–H and O–H groups in total. The summed E-state index contributed by atoms with van der Waals surface area (Å²) in [6.07, 6.45) is 3.78. The van der Waals surface area contributed by atoms with Crippen molar-refractivity contribution in [1.29, 1.82) is 0 Å². The van der Waals surface area contributed by atoms with Gasteiger partial charge >= 0.3 is 0 Å². The van der Waals surface area contributed by atoms with Crippen LogP contribution in [-0.4, -0.2) is 5.78 Å². The topological polar surface area (TPSA) is 17.1 Å². The molecule has 64 valence electrons. The highest BCUT2D eigenvalue weighted by Crippen LogP contribution is 2.62. The molecule has 2 rings (SSSR count). The van der Waals surface area contributed by atoms with Crippen LogP contribution in [-0.2, 0) is 4.79 Å². The van der Waals surface area contributed by atoms with E-state index in [1.807, 2.05) is 6.08 Å². The lowest BCUT2D eigenvalue weighted by Crippen LogP contribution is -2.08. The third kappa shape index (κ3) is 0.867. The zero-order valence-corrected chi connectivity index (χ0v) is 5.72. The standard InChI is InChI=1S/C8H10O.2CH4/c1-5-6-3-4-7(9)8(5,6)2;;/h3-6H,1-2H3;2*1H4. The number of allylic oxidation sites excluding steroid dienone is 2. The molecule has 0 saturated heterocycles. The summed E-state index contributed by atoms with van der Waals surface area (Å²) >= 11 is 0. The summed E-state index contributed by atoms with van der Waals surface area (Å²) in [5.41, 5.74) is 0.0278. The predicted molar refractivity (Wildman–Crippen MR) is 48.4 cm³/mol. The van der Waals surface area contributed by atoms with Gasteiger partial charge in [0.15, 0.2) is 5.78 Å². The Morgan fingerprint density at radius 1 is 1.45 bits per heavy atom. The number of hydrogen-bond donors (Lipinski definition) is 0. The number of fused-ring (bicyclic) bond motifs is 1. The van der Waals surface area contributed by atoms with Crippen molar-refractivity contribution in [2.45, 2.75) is 28.7 Å². The monoisotopic (exact) mass is 154 g/mol. The Morgan fingerprint density at radius 2 is 2.00 bits per heavy atom. The van der Waals surface area contributed by atoms with Gasteiger partial charge in [0, 0.05) is 5.41 Å². The number of carbonyl (C=O) groups is 1. The van der Waals surface area contributed by atoms with Gasteiger partial charge in [0.2, 0.25) is 0 Å². The quantitative estimate of drug-likeness (QED) is 0.524. The molecule has 1 heteroatoms. The molecule has 3 unspecified atom stereocenters. The summed E-state index contributed by atoms with van der Waals surface area (Å²) in [7, 11) is 0. The third-order valence-electron chi connectivity index (χ3n) is 3.05. The van der Waals surface area contributed by atoms with Gasteiger partial charge in [-0.25, -0.2) is 0 Å². The van der Waals surface area contributed by atoms with Crippen LogP contribution in [0.3, 0.4) is 0 Å². The molecule has 0 aromatic carbocycles. The van der Waals surface area contributed by atoms with Crippen molar-refractivity contribution in [1.82, 2.24) is 0 Å². The molecule has 0 aromatic heterocycles. The highest BCUT2D eigenvalue weighted by atomic mass is 16.1. The molecule has 1 fully saturated rings. The molecule has 0 spiro atoms. The van der Waals surface area contributed by atoms with Gasteiger partial charge in [-0.2, -0.15) is 0 Å². The summed E-state index contributed by atoms with van der Waals surface area (Å²) in [5, 5.41) is 0. The molecule has 3 atom stereocenters. The minimum absolute atomic E-state index is 0. The average Bonchev–Trinajstić information content (AvgIpc) is 2.15. The van der Waals surface area contributed by atoms with E-state index in [0.717, 1.165) is 0 Å². The van der Waals surface area contributed by atoms with E-state index in [9.17, 15) is 4.79 Å². The molecule has 0 amide bonds. The Hall–Kier alpha value is -0.590. The molecule has 2 aliphatic rings. The van der Waals surface area contributed by atoms with E-state index in [1.165, 1.54) is 0 Å². The first-order valence-corrected chi connectivity index (χ1v) is 3.40. The Bertz CT molecular complexity index is 205. The van der Waals surface area contributed by atoms with Gasteiger partial charge in [0.05, 0.1) is 0 Å². The van der Waals surface area contributed by atoms with Crippen molar-refractivity contribution in [3.8, 4) is 0 Å². The maximum absolute atomic E-state index is 11.1. The van der Waals surface area contributed by atoms with Gasteiger partial charge in [-0.1, -0.05) is 34.8 Å². The van der Waals surface area contributed by atoms with E-state index in [-0.39, 0.29) is 20.3 Å². The van der Waals surface area contributed by atoms with Gasteiger partial charge in [-0.05, 0) is 17.9 Å². The highest BCUT2D eigenvalue weighted by Gasteiger charge is 2.63. The molecule has 11 heavy (non-hydrogen) atoms. The van der Waals surface area contributed by atoms with Crippen LogP contribution in [0.15, 0.2) is 12.2 Å². The van der Waals surface area contributed by atoms with Gasteiger partial charge in [0.1, 0.15) is 0 Å². The second kappa shape index (κ2) is 2.47. The fourth-order valence-electron chi connectivity index (χ4n) is 1.89. The molecule has 0 aliphatic heterocycles. The smallest absolute Gasteiger partial charge is 0.162 e. The van der Waals surface area contributed by atoms with E-state index in [2.05, 4.69) is 13.8 Å². The molecular weight excluding hydrogens is 136 g/mol. The Kier molecular flexibility index (Phi) is 2.34. The Labute approximate surface area is 69.5 Å². The molecule has 2 aliphatic carbocycles. The van der Waals surface area contributed by atoms with E-state index in [1.54, 1.807) is 6.08 Å². The van der Waals surface area contributed by atoms with Crippen molar-refractivity contribution in [3.63, 3.8) is 0 Å². The van der Waals surface area contributed by atoms with Crippen LogP contribution < -0.4 is 0 Å². The van der Waals surface area contributed by atoms with Gasteiger partial charge in [-0.15, -0.1) is 0 Å².